The van der Waals surface area contributed by atoms with Gasteiger partial charge in [-0.3, -0.25) is 0 Å². The van der Waals surface area contributed by atoms with Crippen molar-refractivity contribution in [2.75, 3.05) is 11.5 Å². The predicted molar refractivity (Wildman–Crippen MR) is 80.5 cm³/mol. The van der Waals surface area contributed by atoms with Gasteiger partial charge in [0, 0.05) is 6.04 Å². The van der Waals surface area contributed by atoms with Crippen molar-refractivity contribution in [1.29, 1.82) is 0 Å². The van der Waals surface area contributed by atoms with E-state index in [2.05, 4.69) is 0 Å². The fourth-order valence-electron chi connectivity index (χ4n) is 2.64. The monoisotopic (exact) mass is 297 g/mol. The highest BCUT2D eigenvalue weighted by Crippen LogP contribution is 2.29. The molecular formula is C15H23NO3S. The molecule has 0 saturated carbocycles. The second-order valence-corrected chi connectivity index (χ2v) is 8.08. The zero-order valence-electron chi connectivity index (χ0n) is 12.1. The molecule has 2 N–H and O–H groups in total. The lowest BCUT2D eigenvalue weighted by atomic mass is 9.95. The van der Waals surface area contributed by atoms with Gasteiger partial charge in [0.05, 0.1) is 17.6 Å². The molecular weight excluding hydrogens is 274 g/mol. The quantitative estimate of drug-likeness (QED) is 0.905. The molecule has 0 bridgehead atoms. The number of hydrogen-bond donors (Lipinski definition) is 1. The minimum absolute atomic E-state index is 0.126. The number of hydrogen-bond acceptors (Lipinski definition) is 4. The van der Waals surface area contributed by atoms with E-state index in [1.54, 1.807) is 0 Å². The van der Waals surface area contributed by atoms with Crippen LogP contribution in [0.5, 0.6) is 5.75 Å². The van der Waals surface area contributed by atoms with Crippen LogP contribution in [0.4, 0.5) is 0 Å². The molecule has 1 saturated heterocycles. The van der Waals surface area contributed by atoms with Crippen LogP contribution in [0.3, 0.4) is 0 Å². The molecule has 1 aliphatic heterocycles. The second-order valence-electron chi connectivity index (χ2n) is 5.85. The van der Waals surface area contributed by atoms with Gasteiger partial charge in [0.1, 0.15) is 5.75 Å². The summed E-state index contributed by atoms with van der Waals surface area (Å²) >= 11 is 0. The minimum atomic E-state index is -2.83. The van der Waals surface area contributed by atoms with Crippen LogP contribution in [0, 0.1) is 5.92 Å². The van der Waals surface area contributed by atoms with Gasteiger partial charge in [0.2, 0.25) is 0 Å². The van der Waals surface area contributed by atoms with Crippen LogP contribution < -0.4 is 10.5 Å². The summed E-state index contributed by atoms with van der Waals surface area (Å²) in [6, 6.07) is 7.63. The van der Waals surface area contributed by atoms with Crippen molar-refractivity contribution in [1.82, 2.24) is 0 Å². The highest BCUT2D eigenvalue weighted by molar-refractivity contribution is 7.91. The van der Waals surface area contributed by atoms with Crippen molar-refractivity contribution in [3.63, 3.8) is 0 Å². The molecule has 5 heteroatoms. The summed E-state index contributed by atoms with van der Waals surface area (Å²) in [6.45, 7) is 3.96. The van der Waals surface area contributed by atoms with E-state index in [-0.39, 0.29) is 23.8 Å². The van der Waals surface area contributed by atoms with Gasteiger partial charge in [-0.2, -0.15) is 0 Å². The van der Waals surface area contributed by atoms with Crippen molar-refractivity contribution in [3.8, 4) is 5.75 Å². The largest absolute Gasteiger partial charge is 0.491 e. The van der Waals surface area contributed by atoms with Crippen LogP contribution in [-0.2, 0) is 9.84 Å². The fourth-order valence-corrected chi connectivity index (χ4v) is 4.52. The highest BCUT2D eigenvalue weighted by Gasteiger charge is 2.29. The van der Waals surface area contributed by atoms with E-state index >= 15 is 0 Å². The summed E-state index contributed by atoms with van der Waals surface area (Å²) < 4.78 is 28.6. The molecule has 0 radical (unpaired) electrons. The van der Waals surface area contributed by atoms with Crippen LogP contribution in [0.25, 0.3) is 0 Å². The van der Waals surface area contributed by atoms with Crippen molar-refractivity contribution in [2.24, 2.45) is 11.7 Å². The Balaban J connectivity index is 2.00. The second kappa shape index (κ2) is 6.14. The summed E-state index contributed by atoms with van der Waals surface area (Å²) in [6.07, 6.45) is 1.57. The third-order valence-electron chi connectivity index (χ3n) is 3.57. The third-order valence-corrected chi connectivity index (χ3v) is 5.41. The normalized spacial score (nSPS) is 22.9. The Labute approximate surface area is 121 Å². The molecule has 1 aromatic carbocycles. The van der Waals surface area contributed by atoms with Gasteiger partial charge in [-0.25, -0.2) is 8.42 Å². The zero-order valence-corrected chi connectivity index (χ0v) is 12.9. The smallest absolute Gasteiger partial charge is 0.150 e. The van der Waals surface area contributed by atoms with Gasteiger partial charge in [0.25, 0.3) is 0 Å². The Morgan fingerprint density at radius 2 is 2.15 bits per heavy atom. The standard InChI is InChI=1S/C15H23NO3S/c1-11(2)19-14-5-3-4-13(9-14)15(16)8-12-6-7-20(17,18)10-12/h3-5,9,11-12,15H,6-8,10,16H2,1-2H3. The van der Waals surface area contributed by atoms with Gasteiger partial charge in [0.15, 0.2) is 9.84 Å². The molecule has 0 aliphatic carbocycles. The lowest BCUT2D eigenvalue weighted by molar-refractivity contribution is 0.242. The molecule has 112 valence electrons. The number of sulfone groups is 1. The first-order valence-electron chi connectivity index (χ1n) is 7.08. The molecule has 20 heavy (non-hydrogen) atoms. The van der Waals surface area contributed by atoms with Gasteiger partial charge in [-0.15, -0.1) is 0 Å². The van der Waals surface area contributed by atoms with Crippen LogP contribution in [0.1, 0.15) is 38.3 Å². The van der Waals surface area contributed by atoms with Crippen LogP contribution in [0.15, 0.2) is 24.3 Å². The SMILES string of the molecule is CC(C)Oc1cccc(C(N)CC2CCS(=O)(=O)C2)c1. The summed E-state index contributed by atoms with van der Waals surface area (Å²) in [7, 11) is -2.83. The maximum Gasteiger partial charge on any atom is 0.150 e. The Bertz CT molecular complexity index is 554. The molecule has 1 heterocycles. The number of ether oxygens (including phenoxy) is 1. The fraction of sp³-hybridized carbons (Fsp3) is 0.600. The third kappa shape index (κ3) is 4.21. The molecule has 0 aromatic heterocycles. The molecule has 4 nitrogen and oxygen atoms in total. The van der Waals surface area contributed by atoms with Crippen LogP contribution in [-0.4, -0.2) is 26.0 Å². The van der Waals surface area contributed by atoms with E-state index < -0.39 is 9.84 Å². The van der Waals surface area contributed by atoms with Gasteiger partial charge in [-0.05, 0) is 50.3 Å². The van der Waals surface area contributed by atoms with Gasteiger partial charge >= 0.3 is 0 Å². The predicted octanol–water partition coefficient (Wildman–Crippen LogP) is 2.30. The molecule has 1 aliphatic rings. The highest BCUT2D eigenvalue weighted by atomic mass is 32.2. The van der Waals surface area contributed by atoms with E-state index in [9.17, 15) is 8.42 Å². The lowest BCUT2D eigenvalue weighted by Crippen LogP contribution is -2.16. The first-order valence-corrected chi connectivity index (χ1v) is 8.90. The van der Waals surface area contributed by atoms with Crippen molar-refractivity contribution < 1.29 is 13.2 Å². The van der Waals surface area contributed by atoms with E-state index in [4.69, 9.17) is 10.5 Å². The zero-order chi connectivity index (χ0) is 14.8. The number of nitrogens with two attached hydrogens (primary N) is 1. The van der Waals surface area contributed by atoms with Crippen LogP contribution in [0.2, 0.25) is 0 Å². The molecule has 1 aromatic rings. The Morgan fingerprint density at radius 3 is 2.75 bits per heavy atom. The van der Waals surface area contributed by atoms with Crippen molar-refractivity contribution in [3.05, 3.63) is 29.8 Å². The van der Waals surface area contributed by atoms with Crippen LogP contribution >= 0.6 is 0 Å². The number of benzene rings is 1. The average molecular weight is 297 g/mol. The maximum atomic E-state index is 11.5. The summed E-state index contributed by atoms with van der Waals surface area (Å²) in [5.41, 5.74) is 7.22. The molecule has 2 atom stereocenters. The Kier molecular flexibility index (Phi) is 4.70. The topological polar surface area (TPSA) is 69.4 Å². The van der Waals surface area contributed by atoms with Gasteiger partial charge in [-0.1, -0.05) is 12.1 Å². The molecule has 0 spiro atoms. The first kappa shape index (κ1) is 15.3. The van der Waals surface area contributed by atoms with E-state index in [0.29, 0.717) is 12.2 Å². The number of rotatable bonds is 5. The summed E-state index contributed by atoms with van der Waals surface area (Å²) in [5, 5.41) is 0. The molecule has 2 rings (SSSR count). The molecule has 1 fully saturated rings. The lowest BCUT2D eigenvalue weighted by Gasteiger charge is -2.17. The van der Waals surface area contributed by atoms with E-state index in [1.165, 1.54) is 0 Å². The minimum Gasteiger partial charge on any atom is -0.491 e. The van der Waals surface area contributed by atoms with Crippen molar-refractivity contribution in [2.45, 2.75) is 38.8 Å². The Hall–Kier alpha value is -1.07. The average Bonchev–Trinajstić information content (AvgIpc) is 2.68. The first-order chi connectivity index (χ1) is 9.35. The van der Waals surface area contributed by atoms with E-state index in [0.717, 1.165) is 17.7 Å². The van der Waals surface area contributed by atoms with Gasteiger partial charge < -0.3 is 10.5 Å². The summed E-state index contributed by atoms with van der Waals surface area (Å²) in [5.74, 6) is 1.58. The van der Waals surface area contributed by atoms with Crippen molar-refractivity contribution >= 4 is 9.84 Å². The summed E-state index contributed by atoms with van der Waals surface area (Å²) in [4.78, 5) is 0. The maximum absolute atomic E-state index is 11.5. The molecule has 2 unspecified atom stereocenters. The molecule has 0 amide bonds. The van der Waals surface area contributed by atoms with E-state index in [1.807, 2.05) is 38.1 Å². The Morgan fingerprint density at radius 1 is 1.40 bits per heavy atom.